The SMILES string of the molecule is C=CC(=O)N1CCC(C(=O)N2CCOc3ccccc3C2C(F)F)CC1. The minimum absolute atomic E-state index is 0.119. The third kappa shape index (κ3) is 3.57. The molecule has 1 unspecified atom stereocenters. The lowest BCUT2D eigenvalue weighted by molar-refractivity contribution is -0.145. The number of hydrogen-bond acceptors (Lipinski definition) is 3. The van der Waals surface area contributed by atoms with E-state index < -0.39 is 12.5 Å². The molecule has 2 aliphatic rings. The fourth-order valence-electron chi connectivity index (χ4n) is 3.65. The van der Waals surface area contributed by atoms with Crippen molar-refractivity contribution in [3.05, 3.63) is 42.5 Å². The quantitative estimate of drug-likeness (QED) is 0.775. The zero-order valence-corrected chi connectivity index (χ0v) is 14.4. The van der Waals surface area contributed by atoms with E-state index in [2.05, 4.69) is 6.58 Å². The second kappa shape index (κ2) is 7.85. The van der Waals surface area contributed by atoms with Gasteiger partial charge in [-0.05, 0) is 25.0 Å². The summed E-state index contributed by atoms with van der Waals surface area (Å²) in [5.41, 5.74) is 0.340. The Morgan fingerprint density at radius 2 is 1.88 bits per heavy atom. The Morgan fingerprint density at radius 1 is 1.19 bits per heavy atom. The van der Waals surface area contributed by atoms with Gasteiger partial charge in [-0.3, -0.25) is 9.59 Å². The van der Waals surface area contributed by atoms with Gasteiger partial charge in [0.1, 0.15) is 18.4 Å². The number of carbonyl (C=O) groups excluding carboxylic acids is 2. The molecule has 2 amide bonds. The molecule has 2 aliphatic heterocycles. The minimum Gasteiger partial charge on any atom is -0.491 e. The number of nitrogens with zero attached hydrogens (tertiary/aromatic N) is 2. The van der Waals surface area contributed by atoms with Crippen LogP contribution in [0.25, 0.3) is 0 Å². The Bertz CT molecular complexity index is 687. The Balaban J connectivity index is 1.78. The number of ether oxygens (including phenoxy) is 1. The van der Waals surface area contributed by atoms with Crippen LogP contribution in [-0.4, -0.2) is 54.3 Å². The summed E-state index contributed by atoms with van der Waals surface area (Å²) in [7, 11) is 0. The van der Waals surface area contributed by atoms with Crippen molar-refractivity contribution >= 4 is 11.8 Å². The molecule has 7 heteroatoms. The molecule has 0 aliphatic carbocycles. The number of rotatable bonds is 3. The summed E-state index contributed by atoms with van der Waals surface area (Å²) >= 11 is 0. The number of para-hydroxylation sites is 1. The molecular formula is C19H22F2N2O3. The van der Waals surface area contributed by atoms with Crippen molar-refractivity contribution in [1.29, 1.82) is 0 Å². The maximum atomic E-state index is 13.9. The smallest absolute Gasteiger partial charge is 0.262 e. The van der Waals surface area contributed by atoms with Crippen molar-refractivity contribution in [3.63, 3.8) is 0 Å². The first-order valence-electron chi connectivity index (χ1n) is 8.74. The molecule has 0 saturated carbocycles. The molecule has 1 aromatic rings. The van der Waals surface area contributed by atoms with Crippen molar-refractivity contribution < 1.29 is 23.1 Å². The van der Waals surface area contributed by atoms with Crippen LogP contribution in [0.15, 0.2) is 36.9 Å². The average molecular weight is 364 g/mol. The highest BCUT2D eigenvalue weighted by Crippen LogP contribution is 2.37. The average Bonchev–Trinajstić information content (AvgIpc) is 2.86. The molecule has 140 valence electrons. The van der Waals surface area contributed by atoms with Gasteiger partial charge in [0.2, 0.25) is 11.8 Å². The number of fused-ring (bicyclic) bond motifs is 1. The fraction of sp³-hybridized carbons (Fsp3) is 0.474. The van der Waals surface area contributed by atoms with Gasteiger partial charge in [0.05, 0.1) is 6.54 Å². The van der Waals surface area contributed by atoms with Crippen molar-refractivity contribution in [2.45, 2.75) is 25.3 Å². The number of likely N-dealkylation sites (tertiary alicyclic amines) is 1. The van der Waals surface area contributed by atoms with Crippen LogP contribution in [0.2, 0.25) is 0 Å². The highest BCUT2D eigenvalue weighted by Gasteiger charge is 2.39. The van der Waals surface area contributed by atoms with Crippen LogP contribution >= 0.6 is 0 Å². The van der Waals surface area contributed by atoms with E-state index in [-0.39, 0.29) is 30.9 Å². The molecule has 26 heavy (non-hydrogen) atoms. The standard InChI is InChI=1S/C19H22F2N2O3/c1-2-16(24)22-9-7-13(8-10-22)19(25)23-11-12-26-15-6-4-3-5-14(15)17(23)18(20)21/h2-6,13,17-18H,1,7-12H2. The summed E-state index contributed by atoms with van der Waals surface area (Å²) in [6.45, 7) is 4.62. The van der Waals surface area contributed by atoms with Crippen LogP contribution in [0.1, 0.15) is 24.4 Å². The van der Waals surface area contributed by atoms with E-state index in [4.69, 9.17) is 4.74 Å². The predicted octanol–water partition coefficient (Wildman–Crippen LogP) is 2.64. The summed E-state index contributed by atoms with van der Waals surface area (Å²) in [5, 5.41) is 0. The summed E-state index contributed by atoms with van der Waals surface area (Å²) in [6.07, 6.45) is -0.525. The molecule has 1 saturated heterocycles. The molecular weight excluding hydrogens is 342 g/mol. The lowest BCUT2D eigenvalue weighted by Crippen LogP contribution is -2.46. The molecule has 1 fully saturated rings. The lowest BCUT2D eigenvalue weighted by Gasteiger charge is -2.36. The van der Waals surface area contributed by atoms with Gasteiger partial charge in [0.25, 0.3) is 6.43 Å². The van der Waals surface area contributed by atoms with Gasteiger partial charge >= 0.3 is 0 Å². The second-order valence-corrected chi connectivity index (χ2v) is 6.50. The van der Waals surface area contributed by atoms with Crippen LogP contribution in [0, 0.1) is 5.92 Å². The van der Waals surface area contributed by atoms with Gasteiger partial charge < -0.3 is 14.5 Å². The van der Waals surface area contributed by atoms with Gasteiger partial charge in [0, 0.05) is 24.6 Å². The maximum absolute atomic E-state index is 13.9. The van der Waals surface area contributed by atoms with Gasteiger partial charge in [-0.25, -0.2) is 8.78 Å². The first-order valence-corrected chi connectivity index (χ1v) is 8.74. The number of carbonyl (C=O) groups is 2. The van der Waals surface area contributed by atoms with Crippen molar-refractivity contribution in [2.75, 3.05) is 26.2 Å². The predicted molar refractivity (Wildman–Crippen MR) is 91.9 cm³/mol. The molecule has 0 N–H and O–H groups in total. The van der Waals surface area contributed by atoms with Gasteiger partial charge in [0.15, 0.2) is 0 Å². The van der Waals surface area contributed by atoms with E-state index in [0.717, 1.165) is 0 Å². The number of benzene rings is 1. The van der Waals surface area contributed by atoms with E-state index in [0.29, 0.717) is 37.2 Å². The van der Waals surface area contributed by atoms with E-state index in [9.17, 15) is 18.4 Å². The van der Waals surface area contributed by atoms with Crippen molar-refractivity contribution in [2.24, 2.45) is 5.92 Å². The summed E-state index contributed by atoms with van der Waals surface area (Å²) in [4.78, 5) is 27.5. The first kappa shape index (κ1) is 18.4. The van der Waals surface area contributed by atoms with E-state index in [1.807, 2.05) is 0 Å². The molecule has 0 radical (unpaired) electrons. The van der Waals surface area contributed by atoms with Gasteiger partial charge in [-0.15, -0.1) is 0 Å². The molecule has 0 bridgehead atoms. The number of halogens is 2. The summed E-state index contributed by atoms with van der Waals surface area (Å²) in [5.74, 6) is -0.422. The van der Waals surface area contributed by atoms with Crippen LogP contribution < -0.4 is 4.74 Å². The topological polar surface area (TPSA) is 49.9 Å². The van der Waals surface area contributed by atoms with Crippen LogP contribution in [-0.2, 0) is 9.59 Å². The van der Waals surface area contributed by atoms with Gasteiger partial charge in [-0.1, -0.05) is 24.8 Å². The molecule has 5 nitrogen and oxygen atoms in total. The number of hydrogen-bond donors (Lipinski definition) is 0. The number of piperidine rings is 1. The van der Waals surface area contributed by atoms with Crippen LogP contribution in [0.5, 0.6) is 5.75 Å². The largest absolute Gasteiger partial charge is 0.491 e. The summed E-state index contributed by atoms with van der Waals surface area (Å²) < 4.78 is 33.3. The number of amides is 2. The fourth-order valence-corrected chi connectivity index (χ4v) is 3.65. The lowest BCUT2D eigenvalue weighted by atomic mass is 9.93. The van der Waals surface area contributed by atoms with E-state index >= 15 is 0 Å². The van der Waals surface area contributed by atoms with E-state index in [1.165, 1.54) is 11.0 Å². The molecule has 1 atom stereocenters. The van der Waals surface area contributed by atoms with Crippen molar-refractivity contribution in [3.8, 4) is 5.75 Å². The number of alkyl halides is 2. The first-order chi connectivity index (χ1) is 12.5. The Labute approximate surface area is 151 Å². The normalized spacial score (nSPS) is 21.0. The van der Waals surface area contributed by atoms with Gasteiger partial charge in [-0.2, -0.15) is 0 Å². The zero-order chi connectivity index (χ0) is 18.7. The monoisotopic (exact) mass is 364 g/mol. The van der Waals surface area contributed by atoms with Crippen LogP contribution in [0.3, 0.4) is 0 Å². The Hall–Kier alpha value is -2.44. The molecule has 2 heterocycles. The molecule has 0 aromatic heterocycles. The highest BCUT2D eigenvalue weighted by atomic mass is 19.3. The highest BCUT2D eigenvalue weighted by molar-refractivity contribution is 5.87. The Morgan fingerprint density at radius 3 is 2.54 bits per heavy atom. The Kier molecular flexibility index (Phi) is 5.54. The zero-order valence-electron chi connectivity index (χ0n) is 14.4. The van der Waals surface area contributed by atoms with Crippen molar-refractivity contribution in [1.82, 2.24) is 9.80 Å². The second-order valence-electron chi connectivity index (χ2n) is 6.50. The van der Waals surface area contributed by atoms with E-state index in [1.54, 1.807) is 29.2 Å². The molecule has 3 rings (SSSR count). The maximum Gasteiger partial charge on any atom is 0.262 e. The molecule has 0 spiro atoms. The van der Waals surface area contributed by atoms with Crippen LogP contribution in [0.4, 0.5) is 8.78 Å². The third-order valence-corrected chi connectivity index (χ3v) is 5.02. The third-order valence-electron chi connectivity index (χ3n) is 5.02. The summed E-state index contributed by atoms with van der Waals surface area (Å²) in [6, 6.07) is 5.33. The molecule has 1 aromatic carbocycles. The minimum atomic E-state index is -2.70.